The number of amides is 2. The summed E-state index contributed by atoms with van der Waals surface area (Å²) in [6.07, 6.45) is -5.49. The van der Waals surface area contributed by atoms with Crippen molar-refractivity contribution in [3.8, 4) is 11.5 Å². The summed E-state index contributed by atoms with van der Waals surface area (Å²) >= 11 is 0. The van der Waals surface area contributed by atoms with Crippen molar-refractivity contribution in [2.75, 3.05) is 10.6 Å². The number of nitrogens with zero attached hydrogens (tertiary/aromatic N) is 5. The van der Waals surface area contributed by atoms with E-state index >= 15 is 0 Å². The van der Waals surface area contributed by atoms with Gasteiger partial charge >= 0.3 is 12.1 Å². The molecule has 15 heteroatoms. The maximum Gasteiger partial charge on any atom is 0.453 e. The van der Waals surface area contributed by atoms with E-state index in [4.69, 9.17) is 0 Å². The van der Waals surface area contributed by atoms with E-state index < -0.39 is 36.3 Å². The molecule has 9 nitrogen and oxygen atoms in total. The largest absolute Gasteiger partial charge is 0.453 e. The van der Waals surface area contributed by atoms with Gasteiger partial charge in [0.2, 0.25) is 11.8 Å². The maximum absolute atomic E-state index is 14.1. The highest BCUT2D eigenvalue weighted by molar-refractivity contribution is 6.00. The molecule has 5 rings (SSSR count). The molecule has 0 aliphatic carbocycles. The second-order valence-electron chi connectivity index (χ2n) is 9.08. The molecule has 0 spiro atoms. The highest BCUT2D eigenvalue weighted by Gasteiger charge is 2.56. The van der Waals surface area contributed by atoms with Gasteiger partial charge in [-0.1, -0.05) is 6.92 Å². The third-order valence-electron chi connectivity index (χ3n) is 6.78. The van der Waals surface area contributed by atoms with Crippen LogP contribution in [-0.2, 0) is 21.5 Å². The second-order valence-corrected chi connectivity index (χ2v) is 9.08. The Morgan fingerprint density at radius 2 is 1.76 bits per heavy atom. The van der Waals surface area contributed by atoms with Crippen LogP contribution in [0, 0.1) is 5.82 Å². The molecule has 0 radical (unpaired) electrons. The molecule has 2 N–H and O–H groups in total. The predicted molar refractivity (Wildman–Crippen MR) is 117 cm³/mol. The first-order valence-electron chi connectivity index (χ1n) is 11.3. The number of fused-ring (bicyclic) bond motifs is 1. The van der Waals surface area contributed by atoms with Gasteiger partial charge in [0.1, 0.15) is 23.1 Å². The highest BCUT2D eigenvalue weighted by Crippen LogP contribution is 2.48. The molecule has 2 aliphatic rings. The van der Waals surface area contributed by atoms with E-state index in [2.05, 4.69) is 30.7 Å². The summed E-state index contributed by atoms with van der Waals surface area (Å²) in [5, 5.41) is 9.37. The van der Waals surface area contributed by atoms with E-state index in [1.807, 2.05) is 6.92 Å². The van der Waals surface area contributed by atoms with Crippen molar-refractivity contribution in [1.29, 1.82) is 0 Å². The number of aryl methyl sites for hydroxylation is 1. The number of pyridine rings is 1. The first kappa shape index (κ1) is 24.9. The van der Waals surface area contributed by atoms with Crippen LogP contribution in [0.25, 0.3) is 22.6 Å². The standard InChI is InChI=1S/C22H19F6N7O2/c1-2-20-4-3-12(36)30-16-14(20)17(31-13(37)8-20)33-18(32-16)15-11-7-10(23)9-29-19(11)35(34-15)6-5-21(24,25)22(26,27)28/h7,9H,2-6,8H2,1H3,(H2,30,31,32,33,36,37)/t20-/m0/s1. The van der Waals surface area contributed by atoms with E-state index in [1.165, 1.54) is 0 Å². The number of halogens is 6. The fraction of sp³-hybridized carbons (Fsp3) is 0.455. The zero-order chi connectivity index (χ0) is 26.8. The molecule has 3 aromatic heterocycles. The van der Waals surface area contributed by atoms with E-state index in [0.717, 1.165) is 16.9 Å². The van der Waals surface area contributed by atoms with Gasteiger partial charge in [-0.3, -0.25) is 9.59 Å². The van der Waals surface area contributed by atoms with E-state index in [1.54, 1.807) is 0 Å². The number of carbonyl (C=O) groups excluding carboxylic acids is 2. The molecule has 1 atom stereocenters. The minimum Gasteiger partial charge on any atom is -0.310 e. The third kappa shape index (κ3) is 4.15. The lowest BCUT2D eigenvalue weighted by Crippen LogP contribution is -2.37. The number of nitrogens with one attached hydrogen (secondary N) is 2. The predicted octanol–water partition coefficient (Wildman–Crippen LogP) is 4.34. The van der Waals surface area contributed by atoms with Crippen molar-refractivity contribution >= 4 is 34.5 Å². The quantitative estimate of drug-likeness (QED) is 0.478. The van der Waals surface area contributed by atoms with Gasteiger partial charge in [-0.05, 0) is 18.9 Å². The van der Waals surface area contributed by atoms with Crippen LogP contribution in [0.3, 0.4) is 0 Å². The van der Waals surface area contributed by atoms with Gasteiger partial charge in [0.25, 0.3) is 0 Å². The third-order valence-corrected chi connectivity index (χ3v) is 6.78. The highest BCUT2D eigenvalue weighted by atomic mass is 19.4. The lowest BCUT2D eigenvalue weighted by Gasteiger charge is -2.36. The van der Waals surface area contributed by atoms with Gasteiger partial charge in [0.15, 0.2) is 11.5 Å². The molecule has 2 amide bonds. The lowest BCUT2D eigenvalue weighted by atomic mass is 9.71. The minimum atomic E-state index is -5.76. The number of rotatable bonds is 5. The summed E-state index contributed by atoms with van der Waals surface area (Å²) in [7, 11) is 0. The first-order valence-corrected chi connectivity index (χ1v) is 11.3. The molecule has 37 heavy (non-hydrogen) atoms. The molecule has 0 saturated heterocycles. The lowest BCUT2D eigenvalue weighted by molar-refractivity contribution is -0.285. The summed E-state index contributed by atoms with van der Waals surface area (Å²) in [6.45, 7) is 0.974. The van der Waals surface area contributed by atoms with Gasteiger partial charge in [-0.15, -0.1) is 0 Å². The van der Waals surface area contributed by atoms with Crippen molar-refractivity contribution in [3.05, 3.63) is 23.6 Å². The number of carbonyl (C=O) groups is 2. The van der Waals surface area contributed by atoms with Crippen LogP contribution < -0.4 is 10.6 Å². The van der Waals surface area contributed by atoms with Crippen LogP contribution in [-0.4, -0.2) is 48.6 Å². The van der Waals surface area contributed by atoms with Gasteiger partial charge in [-0.25, -0.2) is 24.0 Å². The molecule has 0 saturated carbocycles. The van der Waals surface area contributed by atoms with Crippen LogP contribution in [0.15, 0.2) is 12.3 Å². The molecule has 0 aromatic carbocycles. The molecule has 0 unspecified atom stereocenters. The summed E-state index contributed by atoms with van der Waals surface area (Å²) in [5.41, 5.74) is -0.514. The molecular weight excluding hydrogens is 508 g/mol. The average Bonchev–Trinajstić information content (AvgIpc) is 3.10. The van der Waals surface area contributed by atoms with Gasteiger partial charge < -0.3 is 10.6 Å². The van der Waals surface area contributed by atoms with E-state index in [-0.39, 0.29) is 58.8 Å². The molecule has 0 bridgehead atoms. The van der Waals surface area contributed by atoms with Crippen molar-refractivity contribution in [1.82, 2.24) is 24.7 Å². The average molecular weight is 527 g/mol. The SMILES string of the molecule is CC[C@@]12CCC(=O)Nc3nc(-c4nn(CCC(F)(F)C(F)(F)F)c5ncc(F)cc45)nc(c31)NC(=O)C2. The van der Waals surface area contributed by atoms with Gasteiger partial charge in [0, 0.05) is 36.8 Å². The van der Waals surface area contributed by atoms with E-state index in [0.29, 0.717) is 18.4 Å². The molecule has 3 aromatic rings. The van der Waals surface area contributed by atoms with E-state index in [9.17, 15) is 35.9 Å². The number of alkyl halides is 5. The Labute approximate surface area is 204 Å². The number of hydrogen-bond acceptors (Lipinski definition) is 6. The topological polar surface area (TPSA) is 115 Å². The fourth-order valence-corrected chi connectivity index (χ4v) is 4.80. The monoisotopic (exact) mass is 527 g/mol. The van der Waals surface area contributed by atoms with Gasteiger partial charge in [-0.2, -0.15) is 27.1 Å². The van der Waals surface area contributed by atoms with Crippen LogP contribution in [0.5, 0.6) is 0 Å². The van der Waals surface area contributed by atoms with Crippen LogP contribution in [0.1, 0.15) is 44.6 Å². The van der Waals surface area contributed by atoms with Crippen LogP contribution in [0.4, 0.5) is 38.0 Å². The van der Waals surface area contributed by atoms with Crippen LogP contribution in [0.2, 0.25) is 0 Å². The molecule has 196 valence electrons. The summed E-state index contributed by atoms with van der Waals surface area (Å²) in [6, 6.07) is 0.969. The zero-order valence-corrected chi connectivity index (χ0v) is 19.2. The molecule has 2 aliphatic heterocycles. The number of aromatic nitrogens is 5. The zero-order valence-electron chi connectivity index (χ0n) is 19.2. The van der Waals surface area contributed by atoms with Crippen molar-refractivity contribution in [3.63, 3.8) is 0 Å². The summed E-state index contributed by atoms with van der Waals surface area (Å²) in [5.74, 6) is -6.49. The molecular formula is C22H19F6N7O2. The maximum atomic E-state index is 14.1. The Kier molecular flexibility index (Phi) is 5.64. The Morgan fingerprint density at radius 3 is 2.41 bits per heavy atom. The van der Waals surface area contributed by atoms with Crippen molar-refractivity contribution in [2.24, 2.45) is 0 Å². The number of hydrogen-bond donors (Lipinski definition) is 2. The smallest absolute Gasteiger partial charge is 0.310 e. The normalized spacial score (nSPS) is 19.9. The van der Waals surface area contributed by atoms with Crippen molar-refractivity contribution < 1.29 is 35.9 Å². The second kappa shape index (κ2) is 8.38. The summed E-state index contributed by atoms with van der Waals surface area (Å²) in [4.78, 5) is 37.6. The Morgan fingerprint density at radius 1 is 1.08 bits per heavy atom. The van der Waals surface area contributed by atoms with Crippen molar-refractivity contribution in [2.45, 2.75) is 63.1 Å². The Bertz CT molecular complexity index is 1440. The van der Waals surface area contributed by atoms with Crippen LogP contribution >= 0.6 is 0 Å². The summed E-state index contributed by atoms with van der Waals surface area (Å²) < 4.78 is 80.0. The molecule has 5 heterocycles. The molecule has 0 fully saturated rings. The number of anilines is 2. The fourth-order valence-electron chi connectivity index (χ4n) is 4.80. The Balaban J connectivity index is 1.66. The Hall–Kier alpha value is -3.78. The first-order chi connectivity index (χ1) is 17.3. The van der Waals surface area contributed by atoms with Gasteiger partial charge in [0.05, 0.1) is 11.6 Å². The minimum absolute atomic E-state index is 0.0497.